The maximum Gasteiger partial charge on any atom is 0.240 e. The first-order valence-electron chi connectivity index (χ1n) is 6.16. The van der Waals surface area contributed by atoms with Crippen LogP contribution in [0.25, 0.3) is 0 Å². The van der Waals surface area contributed by atoms with Crippen LogP contribution >= 0.6 is 11.3 Å². The Morgan fingerprint density at radius 3 is 2.76 bits per heavy atom. The maximum atomic E-state index is 12.3. The average Bonchev–Trinajstić information content (AvgIpc) is 3.01. The summed E-state index contributed by atoms with van der Waals surface area (Å²) < 4.78 is 0. The van der Waals surface area contributed by atoms with Crippen LogP contribution in [0.15, 0.2) is 16.8 Å². The molecule has 1 atom stereocenters. The highest BCUT2D eigenvalue weighted by atomic mass is 32.1. The van der Waals surface area contributed by atoms with Gasteiger partial charge in [-0.05, 0) is 41.1 Å². The summed E-state index contributed by atoms with van der Waals surface area (Å²) >= 11 is 1.67. The number of amides is 1. The molecule has 1 aromatic rings. The molecule has 0 radical (unpaired) electrons. The average molecular weight is 252 g/mol. The molecule has 17 heavy (non-hydrogen) atoms. The van der Waals surface area contributed by atoms with Crippen molar-refractivity contribution in [3.63, 3.8) is 0 Å². The van der Waals surface area contributed by atoms with Crippen molar-refractivity contribution in [1.29, 1.82) is 0 Å². The van der Waals surface area contributed by atoms with Gasteiger partial charge in [0.25, 0.3) is 0 Å². The lowest BCUT2D eigenvalue weighted by Crippen LogP contribution is -2.47. The second kappa shape index (κ2) is 5.19. The Balaban J connectivity index is 2.04. The molecular weight excluding hydrogens is 232 g/mol. The summed E-state index contributed by atoms with van der Waals surface area (Å²) in [6.45, 7) is 4.71. The SMILES string of the molecule is CC(C)C(N)C(=O)N(Cc1ccsc1)C1CC1. The first-order valence-corrected chi connectivity index (χ1v) is 7.11. The van der Waals surface area contributed by atoms with Crippen LogP contribution in [-0.2, 0) is 11.3 Å². The molecule has 0 bridgehead atoms. The minimum absolute atomic E-state index is 0.105. The molecule has 3 nitrogen and oxygen atoms in total. The fraction of sp³-hybridized carbons (Fsp3) is 0.615. The van der Waals surface area contributed by atoms with E-state index in [1.807, 2.05) is 24.1 Å². The number of hydrogen-bond donors (Lipinski definition) is 1. The van der Waals surface area contributed by atoms with Crippen molar-refractivity contribution < 1.29 is 4.79 Å². The second-order valence-corrected chi connectivity index (χ2v) is 5.88. The summed E-state index contributed by atoms with van der Waals surface area (Å²) in [5, 5.41) is 4.15. The van der Waals surface area contributed by atoms with E-state index in [9.17, 15) is 4.79 Å². The van der Waals surface area contributed by atoms with Crippen LogP contribution in [0.3, 0.4) is 0 Å². The van der Waals surface area contributed by atoms with Crippen LogP contribution in [0, 0.1) is 5.92 Å². The standard InChI is InChI=1S/C13H20N2OS/c1-9(2)12(14)13(16)15(11-3-4-11)7-10-5-6-17-8-10/h5-6,8-9,11-12H,3-4,7,14H2,1-2H3. The zero-order valence-electron chi connectivity index (χ0n) is 10.4. The smallest absolute Gasteiger partial charge is 0.240 e. The Morgan fingerprint density at radius 2 is 2.29 bits per heavy atom. The normalized spacial score (nSPS) is 17.2. The van der Waals surface area contributed by atoms with E-state index in [1.54, 1.807) is 11.3 Å². The molecule has 0 aromatic carbocycles. The molecule has 1 aromatic heterocycles. The lowest BCUT2D eigenvalue weighted by atomic mass is 10.0. The molecule has 1 unspecified atom stereocenters. The molecule has 0 saturated heterocycles. The Morgan fingerprint density at radius 1 is 1.59 bits per heavy atom. The zero-order chi connectivity index (χ0) is 12.4. The van der Waals surface area contributed by atoms with E-state index in [-0.39, 0.29) is 17.9 Å². The first-order chi connectivity index (χ1) is 8.09. The Bertz CT molecular complexity index is 371. The summed E-state index contributed by atoms with van der Waals surface area (Å²) in [4.78, 5) is 14.3. The molecule has 1 aliphatic carbocycles. The second-order valence-electron chi connectivity index (χ2n) is 5.10. The predicted octanol–water partition coefficient (Wildman–Crippen LogP) is 2.22. The summed E-state index contributed by atoms with van der Waals surface area (Å²) in [7, 11) is 0. The molecule has 4 heteroatoms. The number of nitrogens with zero attached hydrogens (tertiary/aromatic N) is 1. The van der Waals surface area contributed by atoms with Crippen molar-refractivity contribution in [1.82, 2.24) is 4.90 Å². The zero-order valence-corrected chi connectivity index (χ0v) is 11.2. The molecule has 1 heterocycles. The highest BCUT2D eigenvalue weighted by molar-refractivity contribution is 7.07. The Labute approximate surface area is 107 Å². The molecule has 2 N–H and O–H groups in total. The van der Waals surface area contributed by atoms with Gasteiger partial charge in [0.05, 0.1) is 6.04 Å². The minimum atomic E-state index is -0.366. The van der Waals surface area contributed by atoms with Gasteiger partial charge in [0.2, 0.25) is 5.91 Å². The van der Waals surface area contributed by atoms with Crippen molar-refractivity contribution in [3.05, 3.63) is 22.4 Å². The highest BCUT2D eigenvalue weighted by Crippen LogP contribution is 2.29. The summed E-state index contributed by atoms with van der Waals surface area (Å²) in [6.07, 6.45) is 2.25. The molecule has 0 aliphatic heterocycles. The van der Waals surface area contributed by atoms with Gasteiger partial charge in [-0.3, -0.25) is 4.79 Å². The van der Waals surface area contributed by atoms with Crippen LogP contribution < -0.4 is 5.73 Å². The Hall–Kier alpha value is -0.870. The van der Waals surface area contributed by atoms with E-state index in [1.165, 1.54) is 5.56 Å². The molecule has 94 valence electrons. The molecule has 0 spiro atoms. The number of rotatable bonds is 5. The fourth-order valence-corrected chi connectivity index (χ4v) is 2.49. The van der Waals surface area contributed by atoms with Gasteiger partial charge in [-0.15, -0.1) is 0 Å². The number of carbonyl (C=O) groups excluding carboxylic acids is 1. The van der Waals surface area contributed by atoms with Crippen LogP contribution in [0.2, 0.25) is 0 Å². The van der Waals surface area contributed by atoms with Crippen molar-refractivity contribution in [2.24, 2.45) is 11.7 Å². The van der Waals surface area contributed by atoms with E-state index in [0.717, 1.165) is 12.8 Å². The largest absolute Gasteiger partial charge is 0.334 e. The first kappa shape index (κ1) is 12.6. The van der Waals surface area contributed by atoms with Gasteiger partial charge in [-0.2, -0.15) is 11.3 Å². The molecule has 1 fully saturated rings. The predicted molar refractivity (Wildman–Crippen MR) is 70.7 cm³/mol. The minimum Gasteiger partial charge on any atom is -0.334 e. The number of carbonyl (C=O) groups is 1. The third-order valence-electron chi connectivity index (χ3n) is 3.21. The van der Waals surface area contributed by atoms with Crippen LogP contribution in [0.1, 0.15) is 32.3 Å². The number of thiophene rings is 1. The quantitative estimate of drug-likeness (QED) is 0.873. The number of hydrogen-bond acceptors (Lipinski definition) is 3. The lowest BCUT2D eigenvalue weighted by Gasteiger charge is -2.27. The van der Waals surface area contributed by atoms with Crippen LogP contribution in [0.5, 0.6) is 0 Å². The van der Waals surface area contributed by atoms with Crippen LogP contribution in [0.4, 0.5) is 0 Å². The van der Waals surface area contributed by atoms with Gasteiger partial charge in [0, 0.05) is 12.6 Å². The van der Waals surface area contributed by atoms with E-state index in [4.69, 9.17) is 5.73 Å². The topological polar surface area (TPSA) is 46.3 Å². The van der Waals surface area contributed by atoms with Crippen molar-refractivity contribution in [2.75, 3.05) is 0 Å². The van der Waals surface area contributed by atoms with Crippen molar-refractivity contribution in [3.8, 4) is 0 Å². The third kappa shape index (κ3) is 3.07. The van der Waals surface area contributed by atoms with E-state index < -0.39 is 0 Å². The van der Waals surface area contributed by atoms with Crippen LogP contribution in [-0.4, -0.2) is 22.9 Å². The van der Waals surface area contributed by atoms with Gasteiger partial charge >= 0.3 is 0 Å². The lowest BCUT2D eigenvalue weighted by molar-refractivity contribution is -0.134. The Kier molecular flexibility index (Phi) is 3.84. The number of nitrogens with two attached hydrogens (primary N) is 1. The van der Waals surface area contributed by atoms with Gasteiger partial charge in [-0.25, -0.2) is 0 Å². The fourth-order valence-electron chi connectivity index (χ4n) is 1.83. The van der Waals surface area contributed by atoms with Gasteiger partial charge in [0.1, 0.15) is 0 Å². The highest BCUT2D eigenvalue weighted by Gasteiger charge is 2.35. The maximum absolute atomic E-state index is 12.3. The monoisotopic (exact) mass is 252 g/mol. The molecule has 2 rings (SSSR count). The van der Waals surface area contributed by atoms with E-state index >= 15 is 0 Å². The summed E-state index contributed by atoms with van der Waals surface area (Å²) in [5.74, 6) is 0.305. The van der Waals surface area contributed by atoms with E-state index in [2.05, 4.69) is 11.4 Å². The molecule has 1 aliphatic rings. The van der Waals surface area contributed by atoms with E-state index in [0.29, 0.717) is 12.6 Å². The molecule has 1 amide bonds. The molecular formula is C13H20N2OS. The third-order valence-corrected chi connectivity index (χ3v) is 3.94. The summed E-state index contributed by atoms with van der Waals surface area (Å²) in [6, 6.07) is 2.13. The van der Waals surface area contributed by atoms with Crippen molar-refractivity contribution >= 4 is 17.2 Å². The van der Waals surface area contributed by atoms with Crippen molar-refractivity contribution in [2.45, 2.75) is 45.3 Å². The van der Waals surface area contributed by atoms with Gasteiger partial charge in [-0.1, -0.05) is 13.8 Å². The molecule has 1 saturated carbocycles. The van der Waals surface area contributed by atoms with Gasteiger partial charge in [0.15, 0.2) is 0 Å². The summed E-state index contributed by atoms with van der Waals surface area (Å²) in [5.41, 5.74) is 7.18. The van der Waals surface area contributed by atoms with Gasteiger partial charge < -0.3 is 10.6 Å².